The van der Waals surface area contributed by atoms with Crippen LogP contribution in [-0.2, 0) is 11.0 Å². The minimum Gasteiger partial charge on any atom is -0.309 e. The van der Waals surface area contributed by atoms with E-state index in [1.54, 1.807) is 0 Å². The SMILES string of the molecule is CCNC1CCN(c2c(Cl)cccc2C(F)(F)F)C1=O. The van der Waals surface area contributed by atoms with Gasteiger partial charge in [-0.3, -0.25) is 4.79 Å². The fraction of sp³-hybridized carbons (Fsp3) is 0.462. The van der Waals surface area contributed by atoms with Crippen LogP contribution in [0.3, 0.4) is 0 Å². The van der Waals surface area contributed by atoms with Crippen LogP contribution >= 0.6 is 11.6 Å². The largest absolute Gasteiger partial charge is 0.418 e. The molecule has 0 aliphatic carbocycles. The Morgan fingerprint density at radius 3 is 2.75 bits per heavy atom. The molecule has 1 aromatic rings. The zero-order valence-electron chi connectivity index (χ0n) is 10.8. The van der Waals surface area contributed by atoms with Crippen molar-refractivity contribution >= 4 is 23.2 Å². The molecule has 110 valence electrons. The molecule has 20 heavy (non-hydrogen) atoms. The normalized spacial score (nSPS) is 19.8. The molecular formula is C13H14ClF3N2O. The number of likely N-dealkylation sites (N-methyl/N-ethyl adjacent to an activating group) is 1. The molecule has 3 nitrogen and oxygen atoms in total. The van der Waals surface area contributed by atoms with Crippen LogP contribution in [0.4, 0.5) is 18.9 Å². The number of amides is 1. The molecule has 1 aliphatic heterocycles. The Kier molecular flexibility index (Phi) is 4.25. The summed E-state index contributed by atoms with van der Waals surface area (Å²) < 4.78 is 39.1. The van der Waals surface area contributed by atoms with Crippen molar-refractivity contribution in [1.82, 2.24) is 5.32 Å². The number of anilines is 1. The van der Waals surface area contributed by atoms with Crippen molar-refractivity contribution in [2.45, 2.75) is 25.6 Å². The van der Waals surface area contributed by atoms with E-state index in [2.05, 4.69) is 5.32 Å². The summed E-state index contributed by atoms with van der Waals surface area (Å²) in [4.78, 5) is 13.3. The van der Waals surface area contributed by atoms with Gasteiger partial charge in [-0.05, 0) is 25.1 Å². The van der Waals surface area contributed by atoms with Crippen molar-refractivity contribution in [3.8, 4) is 0 Å². The van der Waals surface area contributed by atoms with E-state index in [9.17, 15) is 18.0 Å². The first-order valence-electron chi connectivity index (χ1n) is 6.26. The van der Waals surface area contributed by atoms with E-state index in [4.69, 9.17) is 11.6 Å². The van der Waals surface area contributed by atoms with Crippen LogP contribution in [0.25, 0.3) is 0 Å². The number of benzene rings is 1. The quantitative estimate of drug-likeness (QED) is 0.931. The molecule has 0 radical (unpaired) electrons. The van der Waals surface area contributed by atoms with Gasteiger partial charge in [0.25, 0.3) is 0 Å². The monoisotopic (exact) mass is 306 g/mol. The van der Waals surface area contributed by atoms with Gasteiger partial charge in [-0.25, -0.2) is 0 Å². The lowest BCUT2D eigenvalue weighted by atomic mass is 10.1. The molecule has 0 aromatic heterocycles. The third-order valence-corrected chi connectivity index (χ3v) is 3.52. The van der Waals surface area contributed by atoms with Crippen molar-refractivity contribution in [3.05, 3.63) is 28.8 Å². The van der Waals surface area contributed by atoms with Crippen LogP contribution in [-0.4, -0.2) is 25.0 Å². The zero-order chi connectivity index (χ0) is 14.9. The summed E-state index contributed by atoms with van der Waals surface area (Å²) in [6.07, 6.45) is -4.08. The Hall–Kier alpha value is -1.27. The van der Waals surface area contributed by atoms with Crippen LogP contribution in [0.1, 0.15) is 18.9 Å². The first-order valence-corrected chi connectivity index (χ1v) is 6.64. The van der Waals surface area contributed by atoms with Crippen LogP contribution < -0.4 is 10.2 Å². The number of hydrogen-bond donors (Lipinski definition) is 1. The summed E-state index contributed by atoms with van der Waals surface area (Å²) in [7, 11) is 0. The van der Waals surface area contributed by atoms with Crippen molar-refractivity contribution < 1.29 is 18.0 Å². The highest BCUT2D eigenvalue weighted by molar-refractivity contribution is 6.34. The first kappa shape index (κ1) is 15.1. The second-order valence-corrected chi connectivity index (χ2v) is 4.93. The number of halogens is 4. The third kappa shape index (κ3) is 2.76. The number of carbonyl (C=O) groups excluding carboxylic acids is 1. The average Bonchev–Trinajstić information content (AvgIpc) is 2.70. The summed E-state index contributed by atoms with van der Waals surface area (Å²) in [6, 6.07) is 3.09. The van der Waals surface area contributed by atoms with Crippen molar-refractivity contribution in [2.24, 2.45) is 0 Å². The van der Waals surface area contributed by atoms with E-state index in [0.29, 0.717) is 13.0 Å². The maximum Gasteiger partial charge on any atom is 0.418 e. The maximum absolute atomic E-state index is 13.0. The zero-order valence-corrected chi connectivity index (χ0v) is 11.6. The maximum atomic E-state index is 13.0. The molecule has 0 bridgehead atoms. The van der Waals surface area contributed by atoms with Crippen LogP contribution in [0, 0.1) is 0 Å². The van der Waals surface area contributed by atoms with Gasteiger partial charge in [-0.15, -0.1) is 0 Å². The molecule has 1 aromatic carbocycles. The molecule has 7 heteroatoms. The van der Waals surface area contributed by atoms with E-state index in [-0.39, 0.29) is 23.2 Å². The fourth-order valence-electron chi connectivity index (χ4n) is 2.36. The summed E-state index contributed by atoms with van der Waals surface area (Å²) in [5, 5.41) is 2.89. The second kappa shape index (κ2) is 5.61. The van der Waals surface area contributed by atoms with Gasteiger partial charge < -0.3 is 10.2 Å². The van der Waals surface area contributed by atoms with E-state index in [1.807, 2.05) is 6.92 Å². The molecule has 1 N–H and O–H groups in total. The predicted molar refractivity (Wildman–Crippen MR) is 70.9 cm³/mol. The summed E-state index contributed by atoms with van der Waals surface area (Å²) in [5.74, 6) is -0.370. The van der Waals surface area contributed by atoms with Crippen LogP contribution in [0.15, 0.2) is 18.2 Å². The number of nitrogens with one attached hydrogen (secondary N) is 1. The lowest BCUT2D eigenvalue weighted by molar-refractivity contribution is -0.137. The average molecular weight is 307 g/mol. The molecule has 1 unspecified atom stereocenters. The van der Waals surface area contributed by atoms with Crippen LogP contribution in [0.2, 0.25) is 5.02 Å². The van der Waals surface area contributed by atoms with Crippen molar-refractivity contribution in [1.29, 1.82) is 0 Å². The molecule has 0 spiro atoms. The molecule has 1 heterocycles. The van der Waals surface area contributed by atoms with Gasteiger partial charge in [-0.1, -0.05) is 24.6 Å². The Morgan fingerprint density at radius 1 is 1.45 bits per heavy atom. The Balaban J connectivity index is 2.41. The minimum absolute atomic E-state index is 0.0645. The summed E-state index contributed by atoms with van der Waals surface area (Å²) in [5.41, 5.74) is -1.12. The number of hydrogen-bond acceptors (Lipinski definition) is 2. The highest BCUT2D eigenvalue weighted by atomic mass is 35.5. The molecule has 1 atom stereocenters. The lowest BCUT2D eigenvalue weighted by Gasteiger charge is -2.23. The Bertz CT molecular complexity index is 519. The van der Waals surface area contributed by atoms with E-state index in [1.165, 1.54) is 12.1 Å². The molecule has 1 saturated heterocycles. The Morgan fingerprint density at radius 2 is 2.15 bits per heavy atom. The smallest absolute Gasteiger partial charge is 0.309 e. The number of para-hydroxylation sites is 1. The van der Waals surface area contributed by atoms with Gasteiger partial charge >= 0.3 is 6.18 Å². The van der Waals surface area contributed by atoms with E-state index < -0.39 is 17.8 Å². The topological polar surface area (TPSA) is 32.3 Å². The van der Waals surface area contributed by atoms with Gasteiger partial charge in [0.2, 0.25) is 5.91 Å². The minimum atomic E-state index is -4.54. The second-order valence-electron chi connectivity index (χ2n) is 4.52. The molecule has 1 fully saturated rings. The predicted octanol–water partition coefficient (Wildman–Crippen LogP) is 3.07. The Labute approximate surface area is 119 Å². The number of rotatable bonds is 3. The number of nitrogens with zero attached hydrogens (tertiary/aromatic N) is 1. The molecule has 2 rings (SSSR count). The first-order chi connectivity index (χ1) is 9.36. The molecule has 1 aliphatic rings. The number of carbonyl (C=O) groups is 1. The van der Waals surface area contributed by atoms with Gasteiger partial charge in [-0.2, -0.15) is 13.2 Å². The molecular weight excluding hydrogens is 293 g/mol. The highest BCUT2D eigenvalue weighted by Gasteiger charge is 2.40. The standard InChI is InChI=1S/C13H14ClF3N2O/c1-2-18-10-6-7-19(12(10)20)11-8(13(15,16)17)4-3-5-9(11)14/h3-5,10,18H,2,6-7H2,1H3. The van der Waals surface area contributed by atoms with Gasteiger partial charge in [0.1, 0.15) is 0 Å². The van der Waals surface area contributed by atoms with Crippen LogP contribution in [0.5, 0.6) is 0 Å². The van der Waals surface area contributed by atoms with Gasteiger partial charge in [0.05, 0.1) is 22.3 Å². The highest BCUT2D eigenvalue weighted by Crippen LogP contribution is 2.41. The van der Waals surface area contributed by atoms with Gasteiger partial charge in [0.15, 0.2) is 0 Å². The molecule has 1 amide bonds. The third-order valence-electron chi connectivity index (χ3n) is 3.22. The summed E-state index contributed by atoms with van der Waals surface area (Å²) in [6.45, 7) is 2.65. The van der Waals surface area contributed by atoms with E-state index >= 15 is 0 Å². The van der Waals surface area contributed by atoms with Crippen molar-refractivity contribution in [2.75, 3.05) is 18.0 Å². The fourth-order valence-corrected chi connectivity index (χ4v) is 2.63. The van der Waals surface area contributed by atoms with E-state index in [0.717, 1.165) is 11.0 Å². The lowest BCUT2D eigenvalue weighted by Crippen LogP contribution is -2.38. The van der Waals surface area contributed by atoms with Crippen molar-refractivity contribution in [3.63, 3.8) is 0 Å². The number of alkyl halides is 3. The molecule has 0 saturated carbocycles. The van der Waals surface area contributed by atoms with Gasteiger partial charge in [0, 0.05) is 6.54 Å². The summed E-state index contributed by atoms with van der Waals surface area (Å²) >= 11 is 5.89.